The van der Waals surface area contributed by atoms with Crippen molar-refractivity contribution >= 4 is 45.4 Å². The molecule has 1 fully saturated rings. The number of benzene rings is 1. The van der Waals surface area contributed by atoms with E-state index in [0.717, 1.165) is 25.0 Å². The summed E-state index contributed by atoms with van der Waals surface area (Å²) in [4.78, 5) is 33.9. The van der Waals surface area contributed by atoms with Gasteiger partial charge in [0, 0.05) is 17.1 Å². The number of aromatic nitrogens is 2. The van der Waals surface area contributed by atoms with Gasteiger partial charge in [-0.2, -0.15) is 18.2 Å². The van der Waals surface area contributed by atoms with Crippen molar-refractivity contribution in [2.75, 3.05) is 17.7 Å². The number of amides is 1. The third-order valence-corrected chi connectivity index (χ3v) is 6.27. The van der Waals surface area contributed by atoms with Crippen LogP contribution in [0.1, 0.15) is 68.1 Å². The van der Waals surface area contributed by atoms with Crippen LogP contribution in [0.15, 0.2) is 24.3 Å². The zero-order valence-electron chi connectivity index (χ0n) is 21.5. The highest BCUT2D eigenvalue weighted by Crippen LogP contribution is 2.33. The lowest BCUT2D eigenvalue weighted by Gasteiger charge is -2.33. The van der Waals surface area contributed by atoms with E-state index in [2.05, 4.69) is 41.8 Å². The van der Waals surface area contributed by atoms with Crippen molar-refractivity contribution in [1.29, 1.82) is 0 Å². The predicted molar refractivity (Wildman–Crippen MR) is 140 cm³/mol. The number of nitrogens with zero attached hydrogens (tertiary/aromatic N) is 2. The van der Waals surface area contributed by atoms with Crippen LogP contribution in [0, 0.1) is 0 Å². The minimum atomic E-state index is -4.54. The average Bonchev–Trinajstić information content (AvgIpc) is 2.83. The quantitative estimate of drug-likeness (QED) is 0.255. The lowest BCUT2D eigenvalue weighted by molar-refractivity contribution is -0.137. The highest BCUT2D eigenvalue weighted by molar-refractivity contribution is 9.08. The van der Waals surface area contributed by atoms with E-state index >= 15 is 0 Å². The van der Waals surface area contributed by atoms with Gasteiger partial charge in [-0.15, -0.1) is 0 Å². The Kier molecular flexibility index (Phi) is 9.45. The maximum atomic E-state index is 13.2. The molecule has 208 valence electrons. The van der Waals surface area contributed by atoms with Crippen LogP contribution in [-0.4, -0.2) is 46.8 Å². The zero-order chi connectivity index (χ0) is 28.1. The van der Waals surface area contributed by atoms with Gasteiger partial charge < -0.3 is 25.4 Å². The standard InChI is InChI=1S/C25H31BrF3N5O4/c1-24(2,3)38-23(36)33-17-11-6-5-10-16(17)31-22-32-18(13-26)19(21(35)37-4)20(34-22)30-15-9-7-8-14(12-15)25(27,28)29/h7-9,12,16-17H,5-6,10-11,13H2,1-4H3,(H,33,36)(H2,30,31,32,34)/t16-,17+/m1/s1. The fourth-order valence-corrected chi connectivity index (χ4v) is 4.49. The summed E-state index contributed by atoms with van der Waals surface area (Å²) < 4.78 is 50.0. The second-order valence-corrected chi connectivity index (χ2v) is 10.4. The normalized spacial score (nSPS) is 17.9. The fourth-order valence-electron chi connectivity index (χ4n) is 4.09. The van der Waals surface area contributed by atoms with E-state index in [4.69, 9.17) is 9.47 Å². The molecule has 0 spiro atoms. The van der Waals surface area contributed by atoms with Crippen molar-refractivity contribution in [2.24, 2.45) is 0 Å². The third kappa shape index (κ3) is 7.95. The van der Waals surface area contributed by atoms with E-state index < -0.39 is 29.4 Å². The smallest absolute Gasteiger partial charge is 0.416 e. The molecule has 0 bridgehead atoms. The van der Waals surface area contributed by atoms with Crippen LogP contribution in [-0.2, 0) is 21.0 Å². The van der Waals surface area contributed by atoms with Crippen molar-refractivity contribution in [3.05, 3.63) is 41.1 Å². The second kappa shape index (κ2) is 12.2. The molecule has 0 saturated heterocycles. The Balaban J connectivity index is 1.93. The molecular weight excluding hydrogens is 571 g/mol. The molecule has 9 nitrogen and oxygen atoms in total. The summed E-state index contributed by atoms with van der Waals surface area (Å²) in [6, 6.07) is 4.04. The number of nitrogens with one attached hydrogen (secondary N) is 3. The number of rotatable bonds is 7. The minimum absolute atomic E-state index is 0.0144. The largest absolute Gasteiger partial charge is 0.465 e. The Morgan fingerprint density at radius 3 is 2.39 bits per heavy atom. The number of halogens is 4. The maximum Gasteiger partial charge on any atom is 0.416 e. The van der Waals surface area contributed by atoms with Crippen LogP contribution < -0.4 is 16.0 Å². The highest BCUT2D eigenvalue weighted by atomic mass is 79.9. The van der Waals surface area contributed by atoms with Gasteiger partial charge in [0.05, 0.1) is 24.4 Å². The first kappa shape index (κ1) is 29.5. The van der Waals surface area contributed by atoms with E-state index in [0.29, 0.717) is 12.8 Å². The van der Waals surface area contributed by atoms with Crippen LogP contribution >= 0.6 is 15.9 Å². The Morgan fingerprint density at radius 1 is 1.11 bits per heavy atom. The monoisotopic (exact) mass is 601 g/mol. The van der Waals surface area contributed by atoms with Gasteiger partial charge in [-0.05, 0) is 51.8 Å². The first-order chi connectivity index (χ1) is 17.8. The van der Waals surface area contributed by atoms with E-state index in [9.17, 15) is 22.8 Å². The van der Waals surface area contributed by atoms with Crippen molar-refractivity contribution in [1.82, 2.24) is 15.3 Å². The predicted octanol–water partition coefficient (Wildman–Crippen LogP) is 6.17. The Labute approximate surface area is 227 Å². The first-order valence-electron chi connectivity index (χ1n) is 12.1. The molecule has 2 aromatic rings. The Hall–Kier alpha value is -3.09. The zero-order valence-corrected chi connectivity index (χ0v) is 23.1. The molecule has 0 aliphatic heterocycles. The lowest BCUT2D eigenvalue weighted by atomic mass is 9.90. The molecule has 3 rings (SSSR count). The number of ether oxygens (including phenoxy) is 2. The van der Waals surface area contributed by atoms with Gasteiger partial charge in [-0.25, -0.2) is 14.6 Å². The number of alkyl halides is 4. The molecule has 3 N–H and O–H groups in total. The molecule has 2 atom stereocenters. The molecule has 38 heavy (non-hydrogen) atoms. The number of carbonyl (C=O) groups is 2. The van der Waals surface area contributed by atoms with Gasteiger partial charge >= 0.3 is 18.2 Å². The number of alkyl carbamates (subject to hydrolysis) is 1. The van der Waals surface area contributed by atoms with E-state index in [1.807, 2.05) is 0 Å². The van der Waals surface area contributed by atoms with Crippen LogP contribution in [0.5, 0.6) is 0 Å². The molecular formula is C25H31BrF3N5O4. The Bertz CT molecular complexity index is 1160. The topological polar surface area (TPSA) is 114 Å². The van der Waals surface area contributed by atoms with E-state index in [1.165, 1.54) is 19.2 Å². The number of carbonyl (C=O) groups excluding carboxylic acids is 2. The number of anilines is 3. The van der Waals surface area contributed by atoms with Crippen molar-refractivity contribution in [2.45, 2.75) is 75.6 Å². The van der Waals surface area contributed by atoms with Gasteiger partial charge in [0.1, 0.15) is 11.2 Å². The molecule has 1 saturated carbocycles. The summed E-state index contributed by atoms with van der Waals surface area (Å²) in [7, 11) is 1.19. The molecule has 0 unspecified atom stereocenters. The SMILES string of the molecule is COC(=O)c1c(CBr)nc(N[C@@H]2CCCC[C@@H]2NC(=O)OC(C)(C)C)nc1Nc1cccc(C(F)(F)F)c1. The Morgan fingerprint density at radius 2 is 1.79 bits per heavy atom. The van der Waals surface area contributed by atoms with Gasteiger partial charge in [-0.3, -0.25) is 0 Å². The summed E-state index contributed by atoms with van der Waals surface area (Å²) in [6.45, 7) is 5.34. The third-order valence-electron chi connectivity index (χ3n) is 5.74. The molecule has 1 aromatic carbocycles. The van der Waals surface area contributed by atoms with E-state index in [-0.39, 0.29) is 46.1 Å². The summed E-state index contributed by atoms with van der Waals surface area (Å²) in [6.07, 6.45) is -1.84. The lowest BCUT2D eigenvalue weighted by Crippen LogP contribution is -2.50. The van der Waals surface area contributed by atoms with Gasteiger partial charge in [-0.1, -0.05) is 34.8 Å². The number of hydrogen-bond donors (Lipinski definition) is 3. The molecule has 13 heteroatoms. The molecule has 1 heterocycles. The molecule has 1 aliphatic rings. The number of esters is 1. The second-order valence-electron chi connectivity index (χ2n) is 9.83. The number of methoxy groups -OCH3 is 1. The van der Waals surface area contributed by atoms with Gasteiger partial charge in [0.25, 0.3) is 0 Å². The summed E-state index contributed by atoms with van der Waals surface area (Å²) in [5, 5.41) is 9.11. The van der Waals surface area contributed by atoms with Crippen molar-refractivity contribution in [3.8, 4) is 0 Å². The van der Waals surface area contributed by atoms with Crippen molar-refractivity contribution in [3.63, 3.8) is 0 Å². The fraction of sp³-hybridized carbons (Fsp3) is 0.520. The molecule has 0 radical (unpaired) electrons. The summed E-state index contributed by atoms with van der Waals surface area (Å²) >= 11 is 3.32. The van der Waals surface area contributed by atoms with Gasteiger partial charge in [0.15, 0.2) is 5.82 Å². The van der Waals surface area contributed by atoms with Crippen LogP contribution in [0.2, 0.25) is 0 Å². The molecule has 1 aromatic heterocycles. The van der Waals surface area contributed by atoms with Gasteiger partial charge in [0.2, 0.25) is 5.95 Å². The average molecular weight is 602 g/mol. The molecule has 1 amide bonds. The maximum absolute atomic E-state index is 13.2. The summed E-state index contributed by atoms with van der Waals surface area (Å²) in [5.74, 6) is -0.623. The number of hydrogen-bond acceptors (Lipinski definition) is 8. The van der Waals surface area contributed by atoms with Crippen LogP contribution in [0.25, 0.3) is 0 Å². The van der Waals surface area contributed by atoms with Crippen molar-refractivity contribution < 1.29 is 32.2 Å². The minimum Gasteiger partial charge on any atom is -0.465 e. The summed E-state index contributed by atoms with van der Waals surface area (Å²) in [5.41, 5.74) is -1.16. The highest BCUT2D eigenvalue weighted by Gasteiger charge is 2.32. The van der Waals surface area contributed by atoms with Crippen LogP contribution in [0.3, 0.4) is 0 Å². The van der Waals surface area contributed by atoms with Crippen LogP contribution in [0.4, 0.5) is 35.4 Å². The molecule has 1 aliphatic carbocycles. The van der Waals surface area contributed by atoms with E-state index in [1.54, 1.807) is 20.8 Å². The first-order valence-corrected chi connectivity index (χ1v) is 13.2.